The second-order valence-electron chi connectivity index (χ2n) is 8.02. The van der Waals surface area contributed by atoms with Crippen LogP contribution in [-0.4, -0.2) is 64.1 Å². The van der Waals surface area contributed by atoms with E-state index in [4.69, 9.17) is 0 Å². The van der Waals surface area contributed by atoms with Crippen LogP contribution in [0.3, 0.4) is 0 Å². The third-order valence-electron chi connectivity index (χ3n) is 6.17. The maximum atomic E-state index is 12.8. The molecular formula is C22H30N4O3. The van der Waals surface area contributed by atoms with E-state index in [2.05, 4.69) is 14.9 Å². The standard InChI is InChI=1S/C22H30N4O3/c1-15-18(16(2)24-21(29)23-15)10-11-20(28)26-13-12-22(25(3)4,19(27)14-26)17-8-6-5-7-9-17/h5-9,19,27H,10-14H2,1-4H3,(H,23,24,29)/t19-,22+/m1/s1. The number of nitrogens with one attached hydrogen (secondary N) is 1. The minimum atomic E-state index is -0.684. The lowest BCUT2D eigenvalue weighted by molar-refractivity contribution is -0.140. The van der Waals surface area contributed by atoms with Gasteiger partial charge in [0.1, 0.15) is 0 Å². The molecule has 0 unspecified atom stereocenters. The van der Waals surface area contributed by atoms with E-state index in [1.54, 1.807) is 11.8 Å². The summed E-state index contributed by atoms with van der Waals surface area (Å²) in [6.07, 6.45) is 0.818. The van der Waals surface area contributed by atoms with E-state index in [-0.39, 0.29) is 11.6 Å². The number of likely N-dealkylation sites (N-methyl/N-ethyl adjacent to an activating group) is 1. The molecule has 156 valence electrons. The van der Waals surface area contributed by atoms with Gasteiger partial charge in [0.15, 0.2) is 0 Å². The van der Waals surface area contributed by atoms with Crippen LogP contribution in [0.4, 0.5) is 0 Å². The Balaban J connectivity index is 1.70. The van der Waals surface area contributed by atoms with Crippen LogP contribution in [0.25, 0.3) is 0 Å². The Morgan fingerprint density at radius 3 is 2.59 bits per heavy atom. The van der Waals surface area contributed by atoms with Gasteiger partial charge >= 0.3 is 5.69 Å². The lowest BCUT2D eigenvalue weighted by Gasteiger charge is -2.49. The van der Waals surface area contributed by atoms with Gasteiger partial charge in [0.2, 0.25) is 5.91 Å². The molecule has 1 aromatic carbocycles. The number of piperidine rings is 1. The molecule has 29 heavy (non-hydrogen) atoms. The van der Waals surface area contributed by atoms with Crippen LogP contribution in [0.5, 0.6) is 0 Å². The van der Waals surface area contributed by atoms with Gasteiger partial charge in [-0.05, 0) is 51.9 Å². The first-order valence-electron chi connectivity index (χ1n) is 10.0. The average molecular weight is 399 g/mol. The van der Waals surface area contributed by atoms with E-state index in [1.165, 1.54) is 0 Å². The van der Waals surface area contributed by atoms with Crippen molar-refractivity contribution in [1.29, 1.82) is 0 Å². The zero-order valence-electron chi connectivity index (χ0n) is 17.6. The normalized spacial score (nSPS) is 22.1. The molecule has 0 spiro atoms. The van der Waals surface area contributed by atoms with Crippen molar-refractivity contribution in [2.75, 3.05) is 27.2 Å². The molecule has 3 rings (SSSR count). The largest absolute Gasteiger partial charge is 0.389 e. The number of likely N-dealkylation sites (tertiary alicyclic amines) is 1. The number of carbonyl (C=O) groups excluding carboxylic acids is 1. The van der Waals surface area contributed by atoms with Gasteiger partial charge in [-0.15, -0.1) is 0 Å². The number of carbonyl (C=O) groups is 1. The summed E-state index contributed by atoms with van der Waals surface area (Å²) < 4.78 is 0. The monoisotopic (exact) mass is 398 g/mol. The molecule has 0 bridgehead atoms. The maximum Gasteiger partial charge on any atom is 0.345 e. The smallest absolute Gasteiger partial charge is 0.345 e. The van der Waals surface area contributed by atoms with Crippen LogP contribution in [0.2, 0.25) is 0 Å². The van der Waals surface area contributed by atoms with Gasteiger partial charge in [0.25, 0.3) is 0 Å². The fraction of sp³-hybridized carbons (Fsp3) is 0.500. The predicted octanol–water partition coefficient (Wildman–Crippen LogP) is 1.37. The Morgan fingerprint density at radius 2 is 2.00 bits per heavy atom. The van der Waals surface area contributed by atoms with Crippen LogP contribution >= 0.6 is 0 Å². The molecule has 1 aromatic heterocycles. The van der Waals surface area contributed by atoms with E-state index in [0.717, 1.165) is 16.8 Å². The fourth-order valence-corrected chi connectivity index (χ4v) is 4.51. The van der Waals surface area contributed by atoms with Crippen molar-refractivity contribution < 1.29 is 9.90 Å². The summed E-state index contributed by atoms with van der Waals surface area (Å²) in [7, 11) is 3.95. The molecule has 0 radical (unpaired) electrons. The summed E-state index contributed by atoms with van der Waals surface area (Å²) >= 11 is 0. The number of aliphatic hydroxyl groups excluding tert-OH is 1. The average Bonchev–Trinajstić information content (AvgIpc) is 2.67. The Hall–Kier alpha value is -2.51. The number of aromatic amines is 1. The van der Waals surface area contributed by atoms with Gasteiger partial charge in [0.05, 0.1) is 11.6 Å². The van der Waals surface area contributed by atoms with E-state index in [9.17, 15) is 14.7 Å². The first kappa shape index (κ1) is 21.2. The number of aliphatic hydroxyl groups is 1. The number of hydrogen-bond donors (Lipinski definition) is 2. The van der Waals surface area contributed by atoms with Gasteiger partial charge in [-0.1, -0.05) is 30.3 Å². The quantitative estimate of drug-likeness (QED) is 0.794. The Bertz CT molecular complexity index is 899. The summed E-state index contributed by atoms with van der Waals surface area (Å²) in [5.41, 5.74) is 2.51. The highest BCUT2D eigenvalue weighted by Crippen LogP contribution is 2.37. The molecule has 1 fully saturated rings. The molecule has 7 nitrogen and oxygen atoms in total. The number of nitrogens with zero attached hydrogens (tertiary/aromatic N) is 3. The van der Waals surface area contributed by atoms with Crippen molar-refractivity contribution >= 4 is 5.91 Å². The Kier molecular flexibility index (Phi) is 6.19. The minimum Gasteiger partial charge on any atom is -0.389 e. The Morgan fingerprint density at radius 1 is 1.31 bits per heavy atom. The highest BCUT2D eigenvalue weighted by atomic mass is 16.3. The van der Waals surface area contributed by atoms with Gasteiger partial charge in [-0.2, -0.15) is 4.98 Å². The Labute approximate surface area is 171 Å². The molecule has 1 saturated heterocycles. The number of hydrogen-bond acceptors (Lipinski definition) is 5. The lowest BCUT2D eigenvalue weighted by Crippen LogP contribution is -2.60. The number of H-pyrrole nitrogens is 1. The van der Waals surface area contributed by atoms with Crippen LogP contribution in [0, 0.1) is 13.8 Å². The fourth-order valence-electron chi connectivity index (χ4n) is 4.51. The van der Waals surface area contributed by atoms with Crippen LogP contribution in [0.15, 0.2) is 35.1 Å². The van der Waals surface area contributed by atoms with Crippen molar-refractivity contribution in [3.05, 3.63) is 63.3 Å². The van der Waals surface area contributed by atoms with E-state index in [1.807, 2.05) is 51.4 Å². The number of benzene rings is 1. The zero-order chi connectivity index (χ0) is 21.2. The number of rotatable bonds is 5. The highest BCUT2D eigenvalue weighted by molar-refractivity contribution is 5.76. The van der Waals surface area contributed by atoms with Gasteiger partial charge < -0.3 is 15.0 Å². The summed E-state index contributed by atoms with van der Waals surface area (Å²) in [6.45, 7) is 4.50. The second kappa shape index (κ2) is 8.47. The summed E-state index contributed by atoms with van der Waals surface area (Å²) in [4.78, 5) is 34.7. The van der Waals surface area contributed by atoms with E-state index < -0.39 is 11.6 Å². The van der Waals surface area contributed by atoms with Gasteiger partial charge in [-0.25, -0.2) is 4.79 Å². The van der Waals surface area contributed by atoms with Crippen molar-refractivity contribution in [3.8, 4) is 0 Å². The summed E-state index contributed by atoms with van der Waals surface area (Å²) in [6, 6.07) is 10.00. The molecule has 0 saturated carbocycles. The molecule has 2 atom stereocenters. The van der Waals surface area contributed by atoms with E-state index >= 15 is 0 Å². The third kappa shape index (κ3) is 4.11. The number of aryl methyl sites for hydroxylation is 2. The highest BCUT2D eigenvalue weighted by Gasteiger charge is 2.46. The zero-order valence-corrected chi connectivity index (χ0v) is 17.6. The molecule has 7 heteroatoms. The van der Waals surface area contributed by atoms with Crippen molar-refractivity contribution in [3.63, 3.8) is 0 Å². The molecule has 2 N–H and O–H groups in total. The minimum absolute atomic E-state index is 0.00877. The van der Waals surface area contributed by atoms with Crippen LogP contribution in [0.1, 0.15) is 35.4 Å². The van der Waals surface area contributed by atoms with Gasteiger partial charge in [-0.3, -0.25) is 9.69 Å². The number of β-amino-alcohol motifs (C(OH)–C–C–N with tert-alkyl or cyclic N) is 1. The maximum absolute atomic E-state index is 12.8. The first-order chi connectivity index (χ1) is 13.8. The first-order valence-corrected chi connectivity index (χ1v) is 10.0. The molecule has 2 aromatic rings. The molecule has 2 heterocycles. The molecular weight excluding hydrogens is 368 g/mol. The summed E-state index contributed by atoms with van der Waals surface area (Å²) in [5.74, 6) is 0.00877. The van der Waals surface area contributed by atoms with Crippen LogP contribution in [-0.2, 0) is 16.8 Å². The van der Waals surface area contributed by atoms with Crippen molar-refractivity contribution in [2.24, 2.45) is 0 Å². The third-order valence-corrected chi connectivity index (χ3v) is 6.17. The topological polar surface area (TPSA) is 89.5 Å². The van der Waals surface area contributed by atoms with Crippen molar-refractivity contribution in [1.82, 2.24) is 19.8 Å². The number of aromatic nitrogens is 2. The second-order valence-corrected chi connectivity index (χ2v) is 8.02. The molecule has 1 aliphatic rings. The molecule has 1 aliphatic heterocycles. The van der Waals surface area contributed by atoms with Crippen molar-refractivity contribution in [2.45, 2.75) is 44.8 Å². The van der Waals surface area contributed by atoms with Gasteiger partial charge in [0, 0.05) is 30.9 Å². The lowest BCUT2D eigenvalue weighted by atomic mass is 9.77. The SMILES string of the molecule is Cc1nc(=O)[nH]c(C)c1CCC(=O)N1CC[C@@](c2ccccc2)(N(C)C)[C@H](O)C1. The predicted molar refractivity (Wildman–Crippen MR) is 112 cm³/mol. The summed E-state index contributed by atoms with van der Waals surface area (Å²) in [5, 5.41) is 11.1. The van der Waals surface area contributed by atoms with E-state index in [0.29, 0.717) is 38.0 Å². The van der Waals surface area contributed by atoms with Crippen LogP contribution < -0.4 is 5.69 Å². The number of amides is 1. The molecule has 0 aliphatic carbocycles. The molecule has 1 amide bonds.